The summed E-state index contributed by atoms with van der Waals surface area (Å²) in [5.74, 6) is 1.66. The highest BCUT2D eigenvalue weighted by molar-refractivity contribution is 5.91. The molecule has 1 aromatic heterocycles. The molecule has 0 bridgehead atoms. The number of carbonyl (C=O) groups is 1. The van der Waals surface area contributed by atoms with E-state index in [-0.39, 0.29) is 12.5 Å². The lowest BCUT2D eigenvalue weighted by Gasteiger charge is -2.07. The van der Waals surface area contributed by atoms with Gasteiger partial charge in [-0.2, -0.15) is 0 Å². The summed E-state index contributed by atoms with van der Waals surface area (Å²) < 4.78 is 16.0. The Morgan fingerprint density at radius 1 is 0.879 bits per heavy atom. The van der Waals surface area contributed by atoms with Crippen molar-refractivity contribution >= 4 is 12.0 Å². The zero-order chi connectivity index (χ0) is 23.0. The van der Waals surface area contributed by atoms with Crippen LogP contribution in [0.4, 0.5) is 0 Å². The summed E-state index contributed by atoms with van der Waals surface area (Å²) in [6, 6.07) is 25.5. The molecule has 0 fully saturated rings. The molecule has 0 saturated heterocycles. The Morgan fingerprint density at radius 2 is 1.58 bits per heavy atom. The van der Waals surface area contributed by atoms with Gasteiger partial charge < -0.3 is 19.3 Å². The van der Waals surface area contributed by atoms with Crippen LogP contribution >= 0.6 is 0 Å². The van der Waals surface area contributed by atoms with Crippen LogP contribution in [0.3, 0.4) is 0 Å². The molecule has 0 spiro atoms. The molecule has 0 unspecified atom stereocenters. The maximum Gasteiger partial charge on any atom is 0.244 e. The van der Waals surface area contributed by atoms with Crippen molar-refractivity contribution in [1.82, 2.24) is 10.5 Å². The van der Waals surface area contributed by atoms with Crippen molar-refractivity contribution < 1.29 is 18.8 Å². The number of benzene rings is 3. The number of amides is 1. The summed E-state index contributed by atoms with van der Waals surface area (Å²) in [6.07, 6.45) is 3.17. The van der Waals surface area contributed by atoms with Gasteiger partial charge in [-0.3, -0.25) is 4.79 Å². The standard InChI is InChI=1S/C27H24N2O4/c1-31-24-14-8-19(16-26(24)32-2)9-15-27(30)28-18-23-17-25(33-29-23)22-12-10-21(11-13-22)20-6-4-3-5-7-20/h3-17H,18H2,1-2H3,(H,28,30)/b15-9-. The van der Waals surface area contributed by atoms with Crippen LogP contribution in [-0.2, 0) is 11.3 Å². The fourth-order valence-corrected chi connectivity index (χ4v) is 3.35. The topological polar surface area (TPSA) is 73.6 Å². The quantitative estimate of drug-likeness (QED) is 0.374. The molecule has 6 nitrogen and oxygen atoms in total. The molecule has 166 valence electrons. The fourth-order valence-electron chi connectivity index (χ4n) is 3.35. The zero-order valence-electron chi connectivity index (χ0n) is 18.4. The third-order valence-electron chi connectivity index (χ3n) is 5.11. The number of carbonyl (C=O) groups excluding carboxylic acids is 1. The molecule has 0 radical (unpaired) electrons. The Bertz CT molecular complexity index is 1240. The van der Waals surface area contributed by atoms with Crippen LogP contribution in [0.15, 0.2) is 89.5 Å². The van der Waals surface area contributed by atoms with Crippen molar-refractivity contribution in [2.24, 2.45) is 0 Å². The highest BCUT2D eigenvalue weighted by Crippen LogP contribution is 2.28. The molecular formula is C27H24N2O4. The zero-order valence-corrected chi connectivity index (χ0v) is 18.4. The third kappa shape index (κ3) is 5.49. The Labute approximate surface area is 192 Å². The van der Waals surface area contributed by atoms with Crippen LogP contribution in [0, 0.1) is 0 Å². The predicted octanol–water partition coefficient (Wildman–Crippen LogP) is 5.36. The van der Waals surface area contributed by atoms with Crippen LogP contribution in [-0.4, -0.2) is 25.3 Å². The Morgan fingerprint density at radius 3 is 2.30 bits per heavy atom. The number of aromatic nitrogens is 1. The molecule has 4 rings (SSSR count). The molecule has 0 aliphatic rings. The summed E-state index contributed by atoms with van der Waals surface area (Å²) in [5, 5.41) is 6.87. The predicted molar refractivity (Wildman–Crippen MR) is 128 cm³/mol. The molecule has 1 heterocycles. The average molecular weight is 440 g/mol. The van der Waals surface area contributed by atoms with Gasteiger partial charge in [0.25, 0.3) is 0 Å². The third-order valence-corrected chi connectivity index (χ3v) is 5.11. The number of rotatable bonds is 8. The van der Waals surface area contributed by atoms with Crippen molar-refractivity contribution in [3.63, 3.8) is 0 Å². The van der Waals surface area contributed by atoms with E-state index < -0.39 is 0 Å². The van der Waals surface area contributed by atoms with Gasteiger partial charge in [0.15, 0.2) is 17.3 Å². The molecule has 0 aliphatic carbocycles. The SMILES string of the molecule is COc1ccc(/C=C\C(=O)NCc2cc(-c3ccc(-c4ccccc4)cc3)on2)cc1OC. The first-order valence-corrected chi connectivity index (χ1v) is 10.5. The monoisotopic (exact) mass is 440 g/mol. The van der Waals surface area contributed by atoms with Crippen molar-refractivity contribution in [3.8, 4) is 33.9 Å². The molecule has 1 amide bonds. The van der Waals surface area contributed by atoms with E-state index in [9.17, 15) is 4.79 Å². The van der Waals surface area contributed by atoms with Gasteiger partial charge in [0.2, 0.25) is 5.91 Å². The van der Waals surface area contributed by atoms with Gasteiger partial charge >= 0.3 is 0 Å². The van der Waals surface area contributed by atoms with Crippen LogP contribution in [0.1, 0.15) is 11.3 Å². The highest BCUT2D eigenvalue weighted by atomic mass is 16.5. The summed E-state index contributed by atoms with van der Waals surface area (Å²) in [6.45, 7) is 0.265. The van der Waals surface area contributed by atoms with Gasteiger partial charge in [-0.25, -0.2) is 0 Å². The summed E-state index contributed by atoms with van der Waals surface area (Å²) in [4.78, 5) is 12.2. The lowest BCUT2D eigenvalue weighted by atomic mass is 10.0. The van der Waals surface area contributed by atoms with Crippen molar-refractivity contribution in [2.75, 3.05) is 14.2 Å². The maximum atomic E-state index is 12.2. The first-order chi connectivity index (χ1) is 16.2. The normalized spacial score (nSPS) is 10.8. The molecule has 0 aliphatic heterocycles. The maximum absolute atomic E-state index is 12.2. The number of methoxy groups -OCH3 is 2. The number of hydrogen-bond donors (Lipinski definition) is 1. The van der Waals surface area contributed by atoms with E-state index in [2.05, 4.69) is 22.6 Å². The Balaban J connectivity index is 1.34. The first kappa shape index (κ1) is 21.9. The minimum atomic E-state index is -0.235. The Kier molecular flexibility index (Phi) is 6.85. The molecule has 3 aromatic carbocycles. The second-order valence-electron chi connectivity index (χ2n) is 7.29. The molecule has 0 atom stereocenters. The second-order valence-corrected chi connectivity index (χ2v) is 7.29. The van der Waals surface area contributed by atoms with Gasteiger partial charge in [-0.05, 0) is 34.9 Å². The molecule has 4 aromatic rings. The van der Waals surface area contributed by atoms with Gasteiger partial charge in [0.1, 0.15) is 5.69 Å². The number of nitrogens with zero attached hydrogens (tertiary/aromatic N) is 1. The van der Waals surface area contributed by atoms with Gasteiger partial charge in [0.05, 0.1) is 20.8 Å². The molecule has 0 saturated carbocycles. The van der Waals surface area contributed by atoms with Gasteiger partial charge in [0, 0.05) is 17.7 Å². The summed E-state index contributed by atoms with van der Waals surface area (Å²) in [5.41, 5.74) is 4.68. The lowest BCUT2D eigenvalue weighted by Crippen LogP contribution is -2.20. The van der Waals surface area contributed by atoms with Gasteiger partial charge in [-0.15, -0.1) is 0 Å². The first-order valence-electron chi connectivity index (χ1n) is 10.5. The lowest BCUT2D eigenvalue weighted by molar-refractivity contribution is -0.116. The van der Waals surface area contributed by atoms with E-state index in [1.54, 1.807) is 32.4 Å². The van der Waals surface area contributed by atoms with Gasteiger partial charge in [-0.1, -0.05) is 65.8 Å². The van der Waals surface area contributed by atoms with Crippen molar-refractivity contribution in [3.05, 3.63) is 96.2 Å². The minimum Gasteiger partial charge on any atom is -0.493 e. The van der Waals surface area contributed by atoms with E-state index in [4.69, 9.17) is 14.0 Å². The molecular weight excluding hydrogens is 416 g/mol. The largest absolute Gasteiger partial charge is 0.493 e. The van der Waals surface area contributed by atoms with E-state index in [0.717, 1.165) is 22.3 Å². The number of hydrogen-bond acceptors (Lipinski definition) is 5. The summed E-state index contributed by atoms with van der Waals surface area (Å²) >= 11 is 0. The van der Waals surface area contributed by atoms with Crippen LogP contribution in [0.2, 0.25) is 0 Å². The average Bonchev–Trinajstić information content (AvgIpc) is 3.36. The minimum absolute atomic E-state index is 0.235. The van der Waals surface area contributed by atoms with Crippen LogP contribution in [0.25, 0.3) is 28.5 Å². The molecule has 33 heavy (non-hydrogen) atoms. The van der Waals surface area contributed by atoms with Crippen LogP contribution in [0.5, 0.6) is 11.5 Å². The van der Waals surface area contributed by atoms with E-state index in [1.807, 2.05) is 54.6 Å². The van der Waals surface area contributed by atoms with E-state index in [0.29, 0.717) is 23.0 Å². The molecule has 1 N–H and O–H groups in total. The second kappa shape index (κ2) is 10.3. The van der Waals surface area contributed by atoms with E-state index in [1.165, 1.54) is 6.08 Å². The van der Waals surface area contributed by atoms with E-state index >= 15 is 0 Å². The molecule has 6 heteroatoms. The smallest absolute Gasteiger partial charge is 0.244 e. The number of ether oxygens (including phenoxy) is 2. The number of nitrogens with one attached hydrogen (secondary N) is 1. The Hall–Kier alpha value is -4.32. The highest BCUT2D eigenvalue weighted by Gasteiger charge is 2.08. The van der Waals surface area contributed by atoms with Crippen molar-refractivity contribution in [2.45, 2.75) is 6.54 Å². The van der Waals surface area contributed by atoms with Crippen molar-refractivity contribution in [1.29, 1.82) is 0 Å². The van der Waals surface area contributed by atoms with Crippen LogP contribution < -0.4 is 14.8 Å². The fraction of sp³-hybridized carbons (Fsp3) is 0.111. The summed E-state index contributed by atoms with van der Waals surface area (Å²) in [7, 11) is 3.15.